The van der Waals surface area contributed by atoms with E-state index in [0.29, 0.717) is 17.9 Å². The van der Waals surface area contributed by atoms with Gasteiger partial charge in [0.1, 0.15) is 24.2 Å². The highest BCUT2D eigenvalue weighted by Gasteiger charge is 2.35. The van der Waals surface area contributed by atoms with Crippen LogP contribution >= 0.6 is 0 Å². The molecule has 4 aromatic carbocycles. The number of amides is 2. The predicted octanol–water partition coefficient (Wildman–Crippen LogP) is 6.82. The zero-order chi connectivity index (χ0) is 34.8. The second-order valence-electron chi connectivity index (χ2n) is 12.4. The Labute approximate surface area is 289 Å². The van der Waals surface area contributed by atoms with E-state index in [1.807, 2.05) is 44.2 Å². The molecule has 4 aromatic rings. The molecule has 0 radical (unpaired) electrons. The third-order valence-electron chi connectivity index (χ3n) is 8.81. The smallest absolute Gasteiger partial charge is 0.264 e. The molecule has 1 aliphatic carbocycles. The van der Waals surface area contributed by atoms with Crippen molar-refractivity contribution in [3.8, 4) is 5.75 Å². The SMILES string of the molecule is CCOc1ccc(N(CC(=O)N(Cc2ccc(F)cc2)C(Cc2ccccc2)C(=O)NC2CCCCC2)S(=O)(=O)c2ccc(C)cc2)cc1. The molecule has 10 heteroatoms. The molecule has 0 saturated heterocycles. The first kappa shape index (κ1) is 35.6. The molecule has 1 fully saturated rings. The monoisotopic (exact) mass is 685 g/mol. The van der Waals surface area contributed by atoms with Crippen molar-refractivity contribution in [2.75, 3.05) is 17.5 Å². The number of benzene rings is 4. The quantitative estimate of drug-likeness (QED) is 0.157. The highest BCUT2D eigenvalue weighted by atomic mass is 32.2. The summed E-state index contributed by atoms with van der Waals surface area (Å²) in [6.45, 7) is 3.55. The van der Waals surface area contributed by atoms with Gasteiger partial charge < -0.3 is 15.0 Å². The van der Waals surface area contributed by atoms with E-state index in [1.54, 1.807) is 48.5 Å². The number of carbonyl (C=O) groups excluding carboxylic acids is 2. The number of nitrogens with one attached hydrogen (secondary N) is 1. The minimum Gasteiger partial charge on any atom is -0.494 e. The van der Waals surface area contributed by atoms with Gasteiger partial charge in [-0.05, 0) is 86.3 Å². The second-order valence-corrected chi connectivity index (χ2v) is 14.3. The third-order valence-corrected chi connectivity index (χ3v) is 10.6. The van der Waals surface area contributed by atoms with E-state index >= 15 is 0 Å². The van der Waals surface area contributed by atoms with Gasteiger partial charge in [0.15, 0.2) is 0 Å². The molecule has 1 atom stereocenters. The fraction of sp³-hybridized carbons (Fsp3) is 0.333. The number of nitrogens with zero attached hydrogens (tertiary/aromatic N) is 2. The Morgan fingerprint density at radius 3 is 2.14 bits per heavy atom. The Morgan fingerprint density at radius 1 is 0.857 bits per heavy atom. The lowest BCUT2D eigenvalue weighted by Gasteiger charge is -2.35. The number of anilines is 1. The van der Waals surface area contributed by atoms with Crippen LogP contribution in [0.3, 0.4) is 0 Å². The Hall–Kier alpha value is -4.70. The van der Waals surface area contributed by atoms with Gasteiger partial charge in [0.25, 0.3) is 10.0 Å². The number of ether oxygens (including phenoxy) is 1. The highest BCUT2D eigenvalue weighted by Crippen LogP contribution is 2.28. The Balaban J connectivity index is 1.56. The lowest BCUT2D eigenvalue weighted by molar-refractivity contribution is -0.140. The fourth-order valence-corrected chi connectivity index (χ4v) is 7.54. The van der Waals surface area contributed by atoms with E-state index in [9.17, 15) is 22.4 Å². The van der Waals surface area contributed by atoms with Crippen LogP contribution in [0.15, 0.2) is 108 Å². The maximum Gasteiger partial charge on any atom is 0.264 e. The van der Waals surface area contributed by atoms with Crippen molar-refractivity contribution < 1.29 is 27.1 Å². The molecule has 0 aliphatic heterocycles. The molecule has 0 heterocycles. The number of carbonyl (C=O) groups is 2. The van der Waals surface area contributed by atoms with Crippen LogP contribution in [0.25, 0.3) is 0 Å². The number of hydrogen-bond acceptors (Lipinski definition) is 5. The van der Waals surface area contributed by atoms with Crippen LogP contribution < -0.4 is 14.4 Å². The molecule has 1 saturated carbocycles. The number of hydrogen-bond donors (Lipinski definition) is 1. The number of halogens is 1. The number of rotatable bonds is 14. The maximum absolute atomic E-state index is 14.7. The molecule has 1 N–H and O–H groups in total. The molecular weight excluding hydrogens is 642 g/mol. The van der Waals surface area contributed by atoms with Crippen LogP contribution in [0.1, 0.15) is 55.7 Å². The molecule has 0 spiro atoms. The summed E-state index contributed by atoms with van der Waals surface area (Å²) in [5.41, 5.74) is 2.61. The van der Waals surface area contributed by atoms with Crippen molar-refractivity contribution in [2.24, 2.45) is 0 Å². The summed E-state index contributed by atoms with van der Waals surface area (Å²) in [4.78, 5) is 30.3. The van der Waals surface area contributed by atoms with E-state index in [1.165, 1.54) is 29.2 Å². The normalized spacial score (nSPS) is 14.1. The van der Waals surface area contributed by atoms with Crippen molar-refractivity contribution in [3.05, 3.63) is 126 Å². The average Bonchev–Trinajstić information content (AvgIpc) is 3.11. The van der Waals surface area contributed by atoms with E-state index in [4.69, 9.17) is 4.74 Å². The lowest BCUT2D eigenvalue weighted by atomic mass is 9.94. The van der Waals surface area contributed by atoms with E-state index in [0.717, 1.165) is 47.5 Å². The van der Waals surface area contributed by atoms with Gasteiger partial charge in [0, 0.05) is 19.0 Å². The standard InChI is InChI=1S/C39H44FN3O5S/c1-3-48-35-22-20-34(21-23-35)43(49(46,47)36-24-14-29(2)15-25-36)28-38(44)42(27-31-16-18-32(40)19-17-31)37(26-30-10-6-4-7-11-30)39(45)41-33-12-8-5-9-13-33/h4,6-7,10-11,14-25,33,37H,3,5,8-9,12-13,26-28H2,1-2H3,(H,41,45). The molecule has 2 amide bonds. The zero-order valence-corrected chi connectivity index (χ0v) is 28.9. The first-order valence-corrected chi connectivity index (χ1v) is 18.3. The summed E-state index contributed by atoms with van der Waals surface area (Å²) in [6, 6.07) is 27.2. The molecule has 5 rings (SSSR count). The second kappa shape index (κ2) is 16.6. The number of aryl methyl sites for hydroxylation is 1. The number of sulfonamides is 1. The minimum atomic E-state index is -4.24. The molecule has 8 nitrogen and oxygen atoms in total. The topological polar surface area (TPSA) is 96.0 Å². The van der Waals surface area contributed by atoms with E-state index in [2.05, 4.69) is 5.32 Å². The molecule has 1 aliphatic rings. The van der Waals surface area contributed by atoms with Gasteiger partial charge in [-0.1, -0.05) is 79.4 Å². The molecule has 0 aromatic heterocycles. The Bertz CT molecular complexity index is 1780. The van der Waals surface area contributed by atoms with Crippen LogP contribution in [0, 0.1) is 12.7 Å². The summed E-state index contributed by atoms with van der Waals surface area (Å²) in [6.07, 6.45) is 5.07. The van der Waals surface area contributed by atoms with Gasteiger partial charge in [-0.2, -0.15) is 0 Å². The Morgan fingerprint density at radius 2 is 1.51 bits per heavy atom. The largest absolute Gasteiger partial charge is 0.494 e. The average molecular weight is 686 g/mol. The van der Waals surface area contributed by atoms with Gasteiger partial charge >= 0.3 is 0 Å². The first-order chi connectivity index (χ1) is 23.6. The summed E-state index contributed by atoms with van der Waals surface area (Å²) in [7, 11) is -4.24. The summed E-state index contributed by atoms with van der Waals surface area (Å²) >= 11 is 0. The van der Waals surface area contributed by atoms with Gasteiger partial charge in [-0.3, -0.25) is 13.9 Å². The summed E-state index contributed by atoms with van der Waals surface area (Å²) in [5.74, 6) is -0.747. The van der Waals surface area contributed by atoms with Crippen molar-refractivity contribution in [1.29, 1.82) is 0 Å². The van der Waals surface area contributed by atoms with Gasteiger partial charge in [-0.25, -0.2) is 12.8 Å². The van der Waals surface area contributed by atoms with Crippen LogP contribution in [-0.4, -0.2) is 50.4 Å². The van der Waals surface area contributed by atoms with Gasteiger partial charge in [-0.15, -0.1) is 0 Å². The molecule has 258 valence electrons. The van der Waals surface area contributed by atoms with Crippen molar-refractivity contribution in [3.63, 3.8) is 0 Å². The zero-order valence-electron chi connectivity index (χ0n) is 28.1. The fourth-order valence-electron chi connectivity index (χ4n) is 6.13. The van der Waals surface area contributed by atoms with Crippen molar-refractivity contribution in [2.45, 2.75) is 75.9 Å². The first-order valence-electron chi connectivity index (χ1n) is 16.8. The minimum absolute atomic E-state index is 0.00966. The summed E-state index contributed by atoms with van der Waals surface area (Å²) < 4.78 is 49.1. The van der Waals surface area contributed by atoms with Crippen LogP contribution in [-0.2, 0) is 32.6 Å². The van der Waals surface area contributed by atoms with E-state index in [-0.39, 0.29) is 35.5 Å². The Kier molecular flexibility index (Phi) is 12.1. The lowest BCUT2D eigenvalue weighted by Crippen LogP contribution is -2.55. The van der Waals surface area contributed by atoms with Gasteiger partial charge in [0.2, 0.25) is 11.8 Å². The van der Waals surface area contributed by atoms with Crippen LogP contribution in [0.5, 0.6) is 5.75 Å². The van der Waals surface area contributed by atoms with Crippen LogP contribution in [0.2, 0.25) is 0 Å². The molecule has 1 unspecified atom stereocenters. The molecular formula is C39H44FN3O5S. The maximum atomic E-state index is 14.7. The predicted molar refractivity (Wildman–Crippen MR) is 189 cm³/mol. The molecule has 0 bridgehead atoms. The molecule has 49 heavy (non-hydrogen) atoms. The van der Waals surface area contributed by atoms with Crippen LogP contribution in [0.4, 0.5) is 10.1 Å². The highest BCUT2D eigenvalue weighted by molar-refractivity contribution is 7.92. The van der Waals surface area contributed by atoms with Gasteiger partial charge in [0.05, 0.1) is 17.2 Å². The van der Waals surface area contributed by atoms with Crippen molar-refractivity contribution >= 4 is 27.5 Å². The van der Waals surface area contributed by atoms with E-state index < -0.39 is 34.3 Å². The van der Waals surface area contributed by atoms with Crippen molar-refractivity contribution in [1.82, 2.24) is 10.2 Å². The third kappa shape index (κ3) is 9.47. The summed E-state index contributed by atoms with van der Waals surface area (Å²) in [5, 5.41) is 3.20.